The predicted octanol–water partition coefficient (Wildman–Crippen LogP) is 4.58. The zero-order chi connectivity index (χ0) is 20.0. The molecule has 0 radical (unpaired) electrons. The van der Waals surface area contributed by atoms with Crippen LogP contribution in [0.5, 0.6) is 0 Å². The third-order valence-electron chi connectivity index (χ3n) is 4.04. The summed E-state index contributed by atoms with van der Waals surface area (Å²) in [6.45, 7) is -0.131. The van der Waals surface area contributed by atoms with E-state index in [0.717, 1.165) is 5.56 Å². The summed E-state index contributed by atoms with van der Waals surface area (Å²) in [7, 11) is -3.78. The Morgan fingerprint density at radius 1 is 0.857 bits per heavy atom. The van der Waals surface area contributed by atoms with Gasteiger partial charge in [0.1, 0.15) is 0 Å². The molecule has 0 amide bonds. The molecule has 3 aromatic rings. The lowest BCUT2D eigenvalue weighted by Gasteiger charge is -2.10. The average molecular weight is 412 g/mol. The largest absolute Gasteiger partial charge is 0.289 e. The van der Waals surface area contributed by atoms with E-state index in [9.17, 15) is 13.2 Å². The van der Waals surface area contributed by atoms with Crippen LogP contribution in [0.25, 0.3) is 6.08 Å². The van der Waals surface area contributed by atoms with Crippen molar-refractivity contribution in [1.82, 2.24) is 4.72 Å². The van der Waals surface area contributed by atoms with Gasteiger partial charge in [0.15, 0.2) is 5.78 Å². The Balaban J connectivity index is 1.88. The van der Waals surface area contributed by atoms with Crippen molar-refractivity contribution >= 4 is 33.5 Å². The molecule has 0 aliphatic heterocycles. The van der Waals surface area contributed by atoms with Gasteiger partial charge >= 0.3 is 0 Å². The first-order valence-corrected chi connectivity index (χ1v) is 10.4. The molecule has 0 aromatic heterocycles. The molecule has 0 atom stereocenters. The number of ketones is 1. The number of Topliss-reactive ketones (excluding diaryl/α,β-unsaturated/α-hetero) is 1. The van der Waals surface area contributed by atoms with E-state index >= 15 is 0 Å². The van der Waals surface area contributed by atoms with Crippen molar-refractivity contribution < 1.29 is 13.2 Å². The summed E-state index contributed by atoms with van der Waals surface area (Å²) in [5.74, 6) is -0.233. The van der Waals surface area contributed by atoms with Gasteiger partial charge in [-0.2, -0.15) is 0 Å². The minimum absolute atomic E-state index is 0.0862. The molecule has 3 aromatic carbocycles. The first kappa shape index (κ1) is 20.0. The monoisotopic (exact) mass is 411 g/mol. The van der Waals surface area contributed by atoms with Crippen molar-refractivity contribution in [1.29, 1.82) is 0 Å². The molecule has 0 aliphatic rings. The number of hydrogen-bond donors (Lipinski definition) is 1. The van der Waals surface area contributed by atoms with Gasteiger partial charge < -0.3 is 0 Å². The topological polar surface area (TPSA) is 63.2 Å². The van der Waals surface area contributed by atoms with E-state index in [4.69, 9.17) is 11.6 Å². The molecule has 0 spiro atoms. The van der Waals surface area contributed by atoms with E-state index in [1.165, 1.54) is 24.3 Å². The summed E-state index contributed by atoms with van der Waals surface area (Å²) in [6.07, 6.45) is 1.69. The van der Waals surface area contributed by atoms with E-state index in [1.54, 1.807) is 30.3 Å². The van der Waals surface area contributed by atoms with Gasteiger partial charge in [0.2, 0.25) is 10.0 Å². The molecule has 4 nitrogen and oxygen atoms in total. The van der Waals surface area contributed by atoms with Crippen LogP contribution in [0.1, 0.15) is 15.9 Å². The Bertz CT molecular complexity index is 1080. The van der Waals surface area contributed by atoms with Crippen LogP contribution in [0.3, 0.4) is 0 Å². The molecule has 0 saturated carbocycles. The molecule has 0 bridgehead atoms. The van der Waals surface area contributed by atoms with Crippen molar-refractivity contribution in [2.75, 3.05) is 6.54 Å². The second-order valence-corrected chi connectivity index (χ2v) is 8.26. The van der Waals surface area contributed by atoms with Gasteiger partial charge in [-0.25, -0.2) is 13.1 Å². The lowest BCUT2D eigenvalue weighted by molar-refractivity contribution is 0.103. The summed E-state index contributed by atoms with van der Waals surface area (Å²) >= 11 is 5.82. The quantitative estimate of drug-likeness (QED) is 0.457. The molecular formula is C22H18ClNO3S. The fourth-order valence-corrected chi connectivity index (χ4v) is 3.72. The molecule has 0 heterocycles. The Morgan fingerprint density at radius 2 is 1.43 bits per heavy atom. The summed E-state index contributed by atoms with van der Waals surface area (Å²) in [6, 6.07) is 23.9. The fraction of sp³-hybridized carbons (Fsp3) is 0.0455. The maximum atomic E-state index is 12.9. The lowest BCUT2D eigenvalue weighted by atomic mass is 10.0. The maximum absolute atomic E-state index is 12.9. The average Bonchev–Trinajstić information content (AvgIpc) is 2.72. The van der Waals surface area contributed by atoms with Crippen LogP contribution >= 0.6 is 11.6 Å². The van der Waals surface area contributed by atoms with E-state index in [0.29, 0.717) is 16.2 Å². The molecule has 142 valence electrons. The first-order chi connectivity index (χ1) is 13.5. The number of halogens is 1. The number of sulfonamides is 1. The second kappa shape index (κ2) is 8.97. The van der Waals surface area contributed by atoms with Crippen LogP contribution in [0.4, 0.5) is 0 Å². The Morgan fingerprint density at radius 3 is 2.04 bits per heavy atom. The number of hydrogen-bond acceptors (Lipinski definition) is 3. The maximum Gasteiger partial charge on any atom is 0.240 e. The first-order valence-electron chi connectivity index (χ1n) is 8.56. The van der Waals surface area contributed by atoms with Gasteiger partial charge in [-0.1, -0.05) is 72.3 Å². The Kier molecular flexibility index (Phi) is 6.41. The van der Waals surface area contributed by atoms with Crippen LogP contribution < -0.4 is 4.72 Å². The van der Waals surface area contributed by atoms with Crippen molar-refractivity contribution in [3.05, 3.63) is 107 Å². The number of carbonyl (C=O) groups is 1. The van der Waals surface area contributed by atoms with Crippen molar-refractivity contribution in [3.63, 3.8) is 0 Å². The van der Waals surface area contributed by atoms with Crippen molar-refractivity contribution in [2.45, 2.75) is 4.90 Å². The molecular weight excluding hydrogens is 394 g/mol. The number of nitrogens with one attached hydrogen (secondary N) is 1. The summed E-state index contributed by atoms with van der Waals surface area (Å²) < 4.78 is 27.6. The van der Waals surface area contributed by atoms with E-state index in [-0.39, 0.29) is 17.2 Å². The highest BCUT2D eigenvalue weighted by Gasteiger charge is 2.18. The second-order valence-electron chi connectivity index (χ2n) is 6.05. The third kappa shape index (κ3) is 5.16. The predicted molar refractivity (Wildman–Crippen MR) is 112 cm³/mol. The molecule has 0 fully saturated rings. The van der Waals surface area contributed by atoms with E-state index < -0.39 is 10.0 Å². The zero-order valence-corrected chi connectivity index (χ0v) is 16.5. The Labute approximate surface area is 169 Å². The number of benzene rings is 3. The number of carbonyl (C=O) groups excluding carboxylic acids is 1. The minimum atomic E-state index is -3.78. The molecule has 0 saturated heterocycles. The van der Waals surface area contributed by atoms with Crippen LogP contribution in [0.15, 0.2) is 95.4 Å². The van der Waals surface area contributed by atoms with Gasteiger partial charge in [-0.05, 0) is 35.9 Å². The highest BCUT2D eigenvalue weighted by Crippen LogP contribution is 2.16. The third-order valence-corrected chi connectivity index (χ3v) is 5.71. The summed E-state index contributed by atoms with van der Waals surface area (Å²) in [4.78, 5) is 13.0. The molecule has 0 unspecified atom stereocenters. The molecule has 0 aliphatic carbocycles. The van der Waals surface area contributed by atoms with Crippen LogP contribution in [-0.2, 0) is 10.0 Å². The van der Waals surface area contributed by atoms with E-state index in [2.05, 4.69) is 4.72 Å². The van der Waals surface area contributed by atoms with E-state index in [1.807, 2.05) is 36.4 Å². The molecule has 6 heteroatoms. The fourth-order valence-electron chi connectivity index (χ4n) is 2.59. The number of rotatable bonds is 7. The highest BCUT2D eigenvalue weighted by molar-refractivity contribution is 7.89. The Hall–Kier alpha value is -2.73. The van der Waals surface area contributed by atoms with Gasteiger partial charge in [0, 0.05) is 22.7 Å². The minimum Gasteiger partial charge on any atom is -0.289 e. The van der Waals surface area contributed by atoms with Crippen LogP contribution in [-0.4, -0.2) is 20.7 Å². The van der Waals surface area contributed by atoms with Crippen LogP contribution in [0, 0.1) is 0 Å². The summed E-state index contributed by atoms with van der Waals surface area (Å²) in [5, 5.41) is 0.447. The SMILES string of the molecule is O=C(C(=Cc1ccccc1)CNS(=O)(=O)c1ccc(Cl)cc1)c1ccccc1. The van der Waals surface area contributed by atoms with Gasteiger partial charge in [0.25, 0.3) is 0 Å². The highest BCUT2D eigenvalue weighted by atomic mass is 35.5. The summed E-state index contributed by atoms with van der Waals surface area (Å²) in [5.41, 5.74) is 1.65. The van der Waals surface area contributed by atoms with Gasteiger partial charge in [-0.3, -0.25) is 4.79 Å². The normalized spacial score (nSPS) is 12.0. The smallest absolute Gasteiger partial charge is 0.240 e. The van der Waals surface area contributed by atoms with Gasteiger partial charge in [-0.15, -0.1) is 0 Å². The lowest BCUT2D eigenvalue weighted by Crippen LogP contribution is -2.28. The van der Waals surface area contributed by atoms with Crippen LogP contribution in [0.2, 0.25) is 5.02 Å². The molecule has 28 heavy (non-hydrogen) atoms. The standard InChI is InChI=1S/C22H18ClNO3S/c23-20-11-13-21(14-12-20)28(26,27)24-16-19(15-17-7-3-1-4-8-17)22(25)18-9-5-2-6-10-18/h1-15,24H,16H2. The van der Waals surface area contributed by atoms with Crippen molar-refractivity contribution in [2.24, 2.45) is 0 Å². The molecule has 1 N–H and O–H groups in total. The van der Waals surface area contributed by atoms with Gasteiger partial charge in [0.05, 0.1) is 4.90 Å². The zero-order valence-electron chi connectivity index (χ0n) is 14.9. The molecule has 3 rings (SSSR count). The van der Waals surface area contributed by atoms with Crippen molar-refractivity contribution in [3.8, 4) is 0 Å².